The number of ether oxygens (including phenoxy) is 1. The number of halogens is 2. The molecule has 0 unspecified atom stereocenters. The first-order valence-electron chi connectivity index (χ1n) is 4.36. The Morgan fingerprint density at radius 1 is 1.50 bits per heavy atom. The lowest BCUT2D eigenvalue weighted by Crippen LogP contribution is -1.91. The van der Waals surface area contributed by atoms with Crippen LogP contribution < -0.4 is 4.74 Å². The highest BCUT2D eigenvalue weighted by Crippen LogP contribution is 2.29. The molecule has 0 spiro atoms. The molecule has 14 heavy (non-hydrogen) atoms. The van der Waals surface area contributed by atoms with Gasteiger partial charge in [0.05, 0.1) is 7.11 Å². The second-order valence-electron chi connectivity index (χ2n) is 2.83. The Bertz CT molecular complexity index is 345. The van der Waals surface area contributed by atoms with Crippen LogP contribution in [-0.4, -0.2) is 7.11 Å². The van der Waals surface area contributed by atoms with Crippen LogP contribution in [0.1, 0.15) is 18.1 Å². The lowest BCUT2D eigenvalue weighted by Gasteiger charge is -2.08. The topological polar surface area (TPSA) is 9.23 Å². The largest absolute Gasteiger partial charge is 0.497 e. The first kappa shape index (κ1) is 11.8. The number of methoxy groups -OCH3 is 1. The van der Waals surface area contributed by atoms with Crippen LogP contribution in [0.4, 0.5) is 0 Å². The molecular weight excluding hydrogens is 308 g/mol. The van der Waals surface area contributed by atoms with Crippen LogP contribution in [0.15, 0.2) is 23.2 Å². The summed E-state index contributed by atoms with van der Waals surface area (Å²) in [4.78, 5) is 1.87. The van der Waals surface area contributed by atoms with E-state index in [0.717, 1.165) is 16.7 Å². The highest BCUT2D eigenvalue weighted by atomic mass is 79.9. The summed E-state index contributed by atoms with van der Waals surface area (Å²) in [7, 11) is 1.68. The number of benzene rings is 1. The standard InChI is InChI=1S/C11H12Br2O/c1-3-8-6-9(14-2)4-5-10(8)11(13)7-12/h4-7H,3H2,1-2H3. The van der Waals surface area contributed by atoms with Gasteiger partial charge in [-0.1, -0.05) is 22.9 Å². The normalized spacial score (nSPS) is 11.6. The van der Waals surface area contributed by atoms with Crippen LogP contribution in [0.25, 0.3) is 4.48 Å². The van der Waals surface area contributed by atoms with E-state index >= 15 is 0 Å². The fourth-order valence-corrected chi connectivity index (χ4v) is 1.91. The molecule has 1 nitrogen and oxygen atoms in total. The van der Waals surface area contributed by atoms with Crippen LogP contribution >= 0.6 is 31.9 Å². The van der Waals surface area contributed by atoms with E-state index in [1.807, 2.05) is 11.1 Å². The maximum Gasteiger partial charge on any atom is 0.119 e. The fourth-order valence-electron chi connectivity index (χ4n) is 1.28. The lowest BCUT2D eigenvalue weighted by molar-refractivity contribution is 0.414. The summed E-state index contributed by atoms with van der Waals surface area (Å²) in [6, 6.07) is 6.08. The predicted octanol–water partition coefficient (Wildman–Crippen LogP) is 4.35. The molecule has 0 aliphatic rings. The third-order valence-electron chi connectivity index (χ3n) is 2.05. The highest BCUT2D eigenvalue weighted by molar-refractivity contribution is 9.16. The molecule has 0 heterocycles. The van der Waals surface area contributed by atoms with E-state index in [4.69, 9.17) is 4.74 Å². The minimum Gasteiger partial charge on any atom is -0.497 e. The molecular formula is C11H12Br2O. The van der Waals surface area contributed by atoms with E-state index in [9.17, 15) is 0 Å². The summed E-state index contributed by atoms with van der Waals surface area (Å²) >= 11 is 6.81. The molecule has 0 fully saturated rings. The molecule has 0 saturated carbocycles. The van der Waals surface area contributed by atoms with Crippen molar-refractivity contribution in [3.8, 4) is 5.75 Å². The quantitative estimate of drug-likeness (QED) is 0.805. The summed E-state index contributed by atoms with van der Waals surface area (Å²) < 4.78 is 6.23. The van der Waals surface area contributed by atoms with Gasteiger partial charge in [0, 0.05) is 4.48 Å². The van der Waals surface area contributed by atoms with Crippen molar-refractivity contribution in [2.45, 2.75) is 13.3 Å². The molecule has 1 aromatic carbocycles. The smallest absolute Gasteiger partial charge is 0.119 e. The second-order valence-corrected chi connectivity index (χ2v) is 4.15. The molecule has 1 aromatic rings. The van der Waals surface area contributed by atoms with Gasteiger partial charge in [-0.05, 0) is 56.7 Å². The molecule has 0 atom stereocenters. The summed E-state index contributed by atoms with van der Waals surface area (Å²) in [5.41, 5.74) is 2.47. The minimum absolute atomic E-state index is 0.903. The van der Waals surface area contributed by atoms with Crippen molar-refractivity contribution < 1.29 is 4.74 Å². The Labute approximate surface area is 101 Å². The third-order valence-corrected chi connectivity index (χ3v) is 3.77. The first-order chi connectivity index (χ1) is 6.72. The predicted molar refractivity (Wildman–Crippen MR) is 68.2 cm³/mol. The molecule has 0 aromatic heterocycles. The van der Waals surface area contributed by atoms with Crippen molar-refractivity contribution in [3.63, 3.8) is 0 Å². The summed E-state index contributed by atoms with van der Waals surface area (Å²) in [6.07, 6.45) is 0.989. The zero-order valence-electron chi connectivity index (χ0n) is 8.18. The van der Waals surface area contributed by atoms with Gasteiger partial charge in [-0.2, -0.15) is 0 Å². The van der Waals surface area contributed by atoms with Gasteiger partial charge in [0.2, 0.25) is 0 Å². The van der Waals surface area contributed by atoms with Gasteiger partial charge in [0.1, 0.15) is 5.75 Å². The van der Waals surface area contributed by atoms with E-state index in [2.05, 4.69) is 50.9 Å². The SMILES string of the molecule is CCc1cc(OC)ccc1C(Br)=CBr. The molecule has 0 N–H and O–H groups in total. The van der Waals surface area contributed by atoms with Gasteiger partial charge >= 0.3 is 0 Å². The average Bonchev–Trinajstić information content (AvgIpc) is 2.27. The van der Waals surface area contributed by atoms with Crippen molar-refractivity contribution in [3.05, 3.63) is 34.3 Å². The third kappa shape index (κ3) is 2.61. The lowest BCUT2D eigenvalue weighted by atomic mass is 10.1. The number of hydrogen-bond donors (Lipinski definition) is 0. The molecule has 3 heteroatoms. The number of aryl methyl sites for hydroxylation is 1. The monoisotopic (exact) mass is 318 g/mol. The van der Waals surface area contributed by atoms with Crippen LogP contribution in [0.5, 0.6) is 5.75 Å². The summed E-state index contributed by atoms with van der Waals surface area (Å²) in [5.74, 6) is 0.903. The van der Waals surface area contributed by atoms with E-state index < -0.39 is 0 Å². The van der Waals surface area contributed by atoms with Crippen molar-refractivity contribution in [1.29, 1.82) is 0 Å². The minimum atomic E-state index is 0.903. The molecule has 0 aliphatic carbocycles. The van der Waals surface area contributed by atoms with Crippen molar-refractivity contribution >= 4 is 36.3 Å². The second kappa shape index (κ2) is 5.56. The molecule has 1 rings (SSSR count). The summed E-state index contributed by atoms with van der Waals surface area (Å²) in [5, 5.41) is 0. The molecule has 0 saturated heterocycles. The fraction of sp³-hybridized carbons (Fsp3) is 0.273. The van der Waals surface area contributed by atoms with Gasteiger partial charge in [0.25, 0.3) is 0 Å². The maximum absolute atomic E-state index is 5.18. The van der Waals surface area contributed by atoms with Gasteiger partial charge in [-0.3, -0.25) is 0 Å². The Morgan fingerprint density at radius 3 is 2.71 bits per heavy atom. The van der Waals surface area contributed by atoms with Crippen LogP contribution in [0.2, 0.25) is 0 Å². The molecule has 0 radical (unpaired) electrons. The van der Waals surface area contributed by atoms with E-state index in [0.29, 0.717) is 0 Å². The van der Waals surface area contributed by atoms with E-state index in [1.165, 1.54) is 11.1 Å². The first-order valence-corrected chi connectivity index (χ1v) is 6.07. The molecule has 76 valence electrons. The van der Waals surface area contributed by atoms with Crippen molar-refractivity contribution in [1.82, 2.24) is 0 Å². The Morgan fingerprint density at radius 2 is 2.21 bits per heavy atom. The Kier molecular flexibility index (Phi) is 4.69. The zero-order chi connectivity index (χ0) is 10.6. The van der Waals surface area contributed by atoms with E-state index in [1.54, 1.807) is 7.11 Å². The van der Waals surface area contributed by atoms with Crippen molar-refractivity contribution in [2.75, 3.05) is 7.11 Å². The number of hydrogen-bond acceptors (Lipinski definition) is 1. The van der Waals surface area contributed by atoms with Gasteiger partial charge in [-0.15, -0.1) is 0 Å². The molecule has 0 amide bonds. The van der Waals surface area contributed by atoms with Crippen LogP contribution in [0.3, 0.4) is 0 Å². The Hall–Kier alpha value is -0.280. The maximum atomic E-state index is 5.18. The van der Waals surface area contributed by atoms with Gasteiger partial charge in [-0.25, -0.2) is 0 Å². The highest BCUT2D eigenvalue weighted by Gasteiger charge is 2.04. The molecule has 0 aliphatic heterocycles. The van der Waals surface area contributed by atoms with Gasteiger partial charge < -0.3 is 4.74 Å². The molecule has 0 bridgehead atoms. The average molecular weight is 320 g/mol. The Balaban J connectivity index is 3.18. The van der Waals surface area contributed by atoms with E-state index in [-0.39, 0.29) is 0 Å². The van der Waals surface area contributed by atoms with Crippen LogP contribution in [0, 0.1) is 0 Å². The number of rotatable bonds is 3. The van der Waals surface area contributed by atoms with Gasteiger partial charge in [0.15, 0.2) is 0 Å². The van der Waals surface area contributed by atoms with Crippen molar-refractivity contribution in [2.24, 2.45) is 0 Å². The zero-order valence-corrected chi connectivity index (χ0v) is 11.4. The van der Waals surface area contributed by atoms with Crippen LogP contribution in [-0.2, 0) is 6.42 Å². The summed E-state index contributed by atoms with van der Waals surface area (Å²) in [6.45, 7) is 2.13.